The van der Waals surface area contributed by atoms with Gasteiger partial charge < -0.3 is 5.02 Å². The second-order valence-electron chi connectivity index (χ2n) is 3.73. The van der Waals surface area contributed by atoms with Crippen molar-refractivity contribution in [2.75, 3.05) is 0 Å². The van der Waals surface area contributed by atoms with Gasteiger partial charge >= 0.3 is 7.05 Å². The molecule has 0 fully saturated rings. The van der Waals surface area contributed by atoms with Gasteiger partial charge in [-0.15, -0.1) is 11.3 Å². The highest BCUT2D eigenvalue weighted by Gasteiger charge is 2.34. The number of carbonyl (C=O) groups excluding carboxylic acids is 1. The van der Waals surface area contributed by atoms with E-state index < -0.39 is 13.0 Å². The Balaban J connectivity index is 1.96. The summed E-state index contributed by atoms with van der Waals surface area (Å²) in [6, 6.07) is 7.28. The highest BCUT2D eigenvalue weighted by Crippen LogP contribution is 2.12. The van der Waals surface area contributed by atoms with Crippen LogP contribution in [0.2, 0.25) is 0 Å². The second kappa shape index (κ2) is 4.36. The van der Waals surface area contributed by atoms with Crippen LogP contribution in [0.5, 0.6) is 0 Å². The molecule has 0 radical (unpaired) electrons. The number of carbonyl (C=O) groups is 1. The van der Waals surface area contributed by atoms with Gasteiger partial charge in [-0.3, -0.25) is 4.79 Å². The molecule has 1 amide bonds. The lowest BCUT2D eigenvalue weighted by molar-refractivity contribution is 0.0845. The van der Waals surface area contributed by atoms with Crippen molar-refractivity contribution in [1.29, 1.82) is 0 Å². The van der Waals surface area contributed by atoms with Crippen molar-refractivity contribution in [1.82, 2.24) is 9.90 Å². The van der Waals surface area contributed by atoms with E-state index in [9.17, 15) is 9.82 Å². The summed E-state index contributed by atoms with van der Waals surface area (Å²) < 4.78 is 0. The molecular weight excluding hydrogens is 249 g/mol. The van der Waals surface area contributed by atoms with E-state index in [4.69, 9.17) is 0 Å². The van der Waals surface area contributed by atoms with Crippen molar-refractivity contribution in [3.05, 3.63) is 46.4 Å². The zero-order valence-corrected chi connectivity index (χ0v) is 10.0. The first-order valence-electron chi connectivity index (χ1n) is 5.31. The van der Waals surface area contributed by atoms with E-state index >= 15 is 0 Å². The third kappa shape index (κ3) is 1.73. The number of aromatic nitrogens is 1. The molecule has 0 bridgehead atoms. The molecule has 2 heterocycles. The lowest BCUT2D eigenvalue weighted by Gasteiger charge is -2.23. The van der Waals surface area contributed by atoms with Crippen LogP contribution in [-0.4, -0.2) is 34.1 Å². The van der Waals surface area contributed by atoms with Crippen molar-refractivity contribution in [3.8, 4) is 0 Å². The molecule has 0 spiro atoms. The maximum absolute atomic E-state index is 12.1. The number of thiazole rings is 1. The standard InChI is InChI=1S/C11H8BN3O2S/c16-11(10-13-5-6-18-10)15-12(17)9-4-2-1-3-8(9)7-14-15/h1-7,17H. The van der Waals surface area contributed by atoms with Crippen molar-refractivity contribution >= 4 is 36.0 Å². The van der Waals surface area contributed by atoms with Crippen molar-refractivity contribution in [2.45, 2.75) is 0 Å². The zero-order valence-electron chi connectivity index (χ0n) is 9.22. The van der Waals surface area contributed by atoms with Gasteiger partial charge in [-0.2, -0.15) is 5.10 Å². The summed E-state index contributed by atoms with van der Waals surface area (Å²) in [6.45, 7) is 0. The van der Waals surface area contributed by atoms with Gasteiger partial charge in [-0.25, -0.2) is 9.90 Å². The molecule has 1 aromatic heterocycles. The third-order valence-corrected chi connectivity index (χ3v) is 3.41. The van der Waals surface area contributed by atoms with E-state index in [1.165, 1.54) is 11.3 Å². The van der Waals surface area contributed by atoms with Crippen LogP contribution in [0, 0.1) is 0 Å². The molecule has 18 heavy (non-hydrogen) atoms. The topological polar surface area (TPSA) is 65.8 Å². The van der Waals surface area contributed by atoms with E-state index in [-0.39, 0.29) is 0 Å². The SMILES string of the molecule is O=C(c1nccs1)N1N=Cc2ccccc2B1O. The molecule has 3 rings (SSSR count). The molecule has 1 N–H and O–H groups in total. The Morgan fingerprint density at radius 3 is 3.00 bits per heavy atom. The first-order chi connectivity index (χ1) is 8.77. The van der Waals surface area contributed by atoms with Crippen molar-refractivity contribution < 1.29 is 9.82 Å². The first-order valence-corrected chi connectivity index (χ1v) is 6.19. The highest BCUT2D eigenvalue weighted by atomic mass is 32.1. The summed E-state index contributed by atoms with van der Waals surface area (Å²) in [5.41, 5.74) is 1.48. The number of amides is 1. The molecule has 7 heteroatoms. The molecule has 1 aliphatic heterocycles. The summed E-state index contributed by atoms with van der Waals surface area (Å²) in [5.74, 6) is -0.400. The third-order valence-electron chi connectivity index (χ3n) is 2.65. The maximum atomic E-state index is 12.1. The number of nitrogens with zero attached hydrogens (tertiary/aromatic N) is 3. The lowest BCUT2D eigenvalue weighted by Crippen LogP contribution is -2.52. The van der Waals surface area contributed by atoms with Gasteiger partial charge in [-0.05, 0) is 11.0 Å². The molecule has 2 aromatic rings. The number of fused-ring (bicyclic) bond motifs is 1. The van der Waals surface area contributed by atoms with E-state index in [1.807, 2.05) is 18.2 Å². The number of benzene rings is 1. The number of hydrazone groups is 1. The minimum absolute atomic E-state index is 0.311. The quantitative estimate of drug-likeness (QED) is 0.748. The largest absolute Gasteiger partial charge is 0.474 e. The fraction of sp³-hybridized carbons (Fsp3) is 0. The Morgan fingerprint density at radius 2 is 2.22 bits per heavy atom. The fourth-order valence-electron chi connectivity index (χ4n) is 1.77. The van der Waals surface area contributed by atoms with Crippen LogP contribution in [0.1, 0.15) is 15.4 Å². The van der Waals surface area contributed by atoms with Crippen LogP contribution in [0.15, 0.2) is 40.9 Å². The zero-order chi connectivity index (χ0) is 12.5. The average Bonchev–Trinajstić information content (AvgIpc) is 2.93. The van der Waals surface area contributed by atoms with Crippen LogP contribution in [0.3, 0.4) is 0 Å². The van der Waals surface area contributed by atoms with Gasteiger partial charge in [-0.1, -0.05) is 24.3 Å². The predicted octanol–water partition coefficient (Wildman–Crippen LogP) is 0.321. The summed E-state index contributed by atoms with van der Waals surface area (Å²) >= 11 is 1.22. The molecule has 5 nitrogen and oxygen atoms in total. The minimum Gasteiger partial charge on any atom is -0.427 e. The highest BCUT2D eigenvalue weighted by molar-refractivity contribution is 7.11. The smallest absolute Gasteiger partial charge is 0.427 e. The minimum atomic E-state index is -1.07. The molecule has 0 unspecified atom stereocenters. The van der Waals surface area contributed by atoms with Gasteiger partial charge in [0.25, 0.3) is 5.91 Å². The number of hydrogen-bond acceptors (Lipinski definition) is 5. The van der Waals surface area contributed by atoms with E-state index in [0.29, 0.717) is 10.5 Å². The van der Waals surface area contributed by atoms with Crippen molar-refractivity contribution in [2.24, 2.45) is 5.10 Å². The average molecular weight is 257 g/mol. The Morgan fingerprint density at radius 1 is 1.39 bits per heavy atom. The van der Waals surface area contributed by atoms with Gasteiger partial charge in [0.2, 0.25) is 0 Å². The summed E-state index contributed by atoms with van der Waals surface area (Å²) in [5, 5.41) is 16.2. The molecular formula is C11H8BN3O2S. The molecule has 1 aliphatic rings. The van der Waals surface area contributed by atoms with Gasteiger partial charge in [0.15, 0.2) is 5.01 Å². The van der Waals surface area contributed by atoms with E-state index in [2.05, 4.69) is 10.1 Å². The van der Waals surface area contributed by atoms with Gasteiger partial charge in [0.1, 0.15) is 0 Å². The summed E-state index contributed by atoms with van der Waals surface area (Å²) in [6.07, 6.45) is 3.11. The molecule has 0 saturated heterocycles. The fourth-order valence-corrected chi connectivity index (χ4v) is 2.34. The van der Waals surface area contributed by atoms with Gasteiger partial charge in [0, 0.05) is 11.6 Å². The van der Waals surface area contributed by atoms with E-state index in [1.54, 1.807) is 23.9 Å². The second-order valence-corrected chi connectivity index (χ2v) is 4.63. The van der Waals surface area contributed by atoms with Gasteiger partial charge in [0.05, 0.1) is 6.21 Å². The van der Waals surface area contributed by atoms with Crippen LogP contribution >= 0.6 is 11.3 Å². The summed E-state index contributed by atoms with van der Waals surface area (Å²) in [7, 11) is -1.07. The lowest BCUT2D eigenvalue weighted by atomic mass is 9.70. The first kappa shape index (κ1) is 11.1. The Kier molecular flexibility index (Phi) is 2.69. The van der Waals surface area contributed by atoms with Crippen molar-refractivity contribution in [3.63, 3.8) is 0 Å². The molecule has 88 valence electrons. The maximum Gasteiger partial charge on any atom is 0.474 e. The molecule has 0 saturated carbocycles. The van der Waals surface area contributed by atoms with Crippen LogP contribution < -0.4 is 5.46 Å². The Labute approximate surface area is 108 Å². The number of rotatable bonds is 1. The Bertz CT molecular complexity index is 615. The van der Waals surface area contributed by atoms with Crippen LogP contribution in [0.25, 0.3) is 0 Å². The normalized spacial score (nSPS) is 13.6. The molecule has 0 aliphatic carbocycles. The number of hydrogen-bond donors (Lipinski definition) is 1. The molecule has 1 aromatic carbocycles. The summed E-state index contributed by atoms with van der Waals surface area (Å²) in [4.78, 5) is 17.0. The monoisotopic (exact) mass is 257 g/mol. The van der Waals surface area contributed by atoms with Crippen LogP contribution in [-0.2, 0) is 0 Å². The molecule has 0 atom stereocenters. The predicted molar refractivity (Wildman–Crippen MR) is 69.9 cm³/mol. The van der Waals surface area contributed by atoms with E-state index in [0.717, 1.165) is 10.5 Å². The Hall–Kier alpha value is -1.99. The van der Waals surface area contributed by atoms with Crippen LogP contribution in [0.4, 0.5) is 0 Å².